The SMILES string of the molecule is CC12CC(c3ccccc3O1)C(C(N)=O)C(=O)N2CCc1ccco1. The molecule has 2 aliphatic heterocycles. The van der Waals surface area contributed by atoms with Gasteiger partial charge in [-0.2, -0.15) is 0 Å². The van der Waals surface area contributed by atoms with Gasteiger partial charge in [-0.05, 0) is 30.7 Å². The highest BCUT2D eigenvalue weighted by Gasteiger charge is 2.55. The average Bonchev–Trinajstić information content (AvgIpc) is 3.07. The van der Waals surface area contributed by atoms with Gasteiger partial charge in [-0.1, -0.05) is 18.2 Å². The van der Waals surface area contributed by atoms with Gasteiger partial charge < -0.3 is 19.8 Å². The maximum absolute atomic E-state index is 13.1. The summed E-state index contributed by atoms with van der Waals surface area (Å²) in [6.45, 7) is 2.30. The van der Waals surface area contributed by atoms with Crippen LogP contribution in [0.25, 0.3) is 0 Å². The van der Waals surface area contributed by atoms with Crippen molar-refractivity contribution < 1.29 is 18.7 Å². The van der Waals surface area contributed by atoms with Crippen molar-refractivity contribution >= 4 is 11.8 Å². The third-order valence-electron chi connectivity index (χ3n) is 5.22. The van der Waals surface area contributed by atoms with Crippen LogP contribution in [0.5, 0.6) is 5.75 Å². The van der Waals surface area contributed by atoms with E-state index in [4.69, 9.17) is 14.9 Å². The molecule has 2 aliphatic rings. The molecule has 130 valence electrons. The van der Waals surface area contributed by atoms with E-state index in [0.29, 0.717) is 25.1 Å². The first-order valence-electron chi connectivity index (χ1n) is 8.41. The highest BCUT2D eigenvalue weighted by Crippen LogP contribution is 2.49. The third kappa shape index (κ3) is 2.49. The minimum atomic E-state index is -0.866. The van der Waals surface area contributed by atoms with Gasteiger partial charge in [0.05, 0.1) is 6.26 Å². The minimum absolute atomic E-state index is 0.250. The molecule has 0 radical (unpaired) electrons. The molecule has 6 heteroatoms. The molecule has 1 aromatic heterocycles. The number of primary amides is 1. The Labute approximate surface area is 145 Å². The first kappa shape index (κ1) is 15.7. The molecule has 2 amide bonds. The Kier molecular flexibility index (Phi) is 3.56. The number of furan rings is 1. The van der Waals surface area contributed by atoms with Crippen molar-refractivity contribution in [3.05, 3.63) is 54.0 Å². The molecule has 2 aromatic rings. The maximum Gasteiger partial charge on any atom is 0.238 e. The number of ether oxygens (including phenoxy) is 1. The van der Waals surface area contributed by atoms with E-state index in [0.717, 1.165) is 11.3 Å². The molecule has 0 saturated carbocycles. The Hall–Kier alpha value is -2.76. The van der Waals surface area contributed by atoms with E-state index in [9.17, 15) is 9.59 Å². The van der Waals surface area contributed by atoms with Crippen molar-refractivity contribution in [2.45, 2.75) is 31.4 Å². The van der Waals surface area contributed by atoms with Crippen LogP contribution in [0, 0.1) is 5.92 Å². The summed E-state index contributed by atoms with van der Waals surface area (Å²) in [7, 11) is 0. The highest BCUT2D eigenvalue weighted by molar-refractivity contribution is 6.01. The number of hydrogen-bond acceptors (Lipinski definition) is 4. The summed E-state index contributed by atoms with van der Waals surface area (Å²) in [4.78, 5) is 26.8. The van der Waals surface area contributed by atoms with Crippen LogP contribution in [-0.4, -0.2) is 29.0 Å². The minimum Gasteiger partial charge on any atom is -0.469 e. The van der Waals surface area contributed by atoms with Gasteiger partial charge >= 0.3 is 0 Å². The lowest BCUT2D eigenvalue weighted by Crippen LogP contribution is -2.64. The summed E-state index contributed by atoms with van der Waals surface area (Å²) >= 11 is 0. The zero-order valence-corrected chi connectivity index (χ0v) is 14.0. The summed E-state index contributed by atoms with van der Waals surface area (Å²) < 4.78 is 11.6. The lowest BCUT2D eigenvalue weighted by Gasteiger charge is -2.52. The Morgan fingerprint density at radius 3 is 2.84 bits per heavy atom. The third-order valence-corrected chi connectivity index (χ3v) is 5.22. The van der Waals surface area contributed by atoms with Crippen LogP contribution in [0.2, 0.25) is 0 Å². The van der Waals surface area contributed by atoms with Crippen LogP contribution in [0.3, 0.4) is 0 Å². The molecule has 25 heavy (non-hydrogen) atoms. The van der Waals surface area contributed by atoms with E-state index < -0.39 is 17.6 Å². The van der Waals surface area contributed by atoms with E-state index in [1.807, 2.05) is 43.3 Å². The van der Waals surface area contributed by atoms with Crippen LogP contribution in [-0.2, 0) is 16.0 Å². The van der Waals surface area contributed by atoms with E-state index >= 15 is 0 Å². The van der Waals surface area contributed by atoms with E-state index in [1.54, 1.807) is 11.2 Å². The Bertz CT molecular complexity index is 817. The van der Waals surface area contributed by atoms with Crippen molar-refractivity contribution in [1.29, 1.82) is 0 Å². The van der Waals surface area contributed by atoms with Crippen molar-refractivity contribution in [2.75, 3.05) is 6.54 Å². The number of para-hydroxylation sites is 1. The van der Waals surface area contributed by atoms with E-state index in [1.165, 1.54) is 0 Å². The fraction of sp³-hybridized carbons (Fsp3) is 0.368. The summed E-state index contributed by atoms with van der Waals surface area (Å²) in [6, 6.07) is 11.2. The molecular weight excluding hydrogens is 320 g/mol. The predicted molar refractivity (Wildman–Crippen MR) is 89.6 cm³/mol. The number of likely N-dealkylation sites (tertiary alicyclic amines) is 1. The van der Waals surface area contributed by atoms with Crippen LogP contribution < -0.4 is 10.5 Å². The molecule has 6 nitrogen and oxygen atoms in total. The number of hydrogen-bond donors (Lipinski definition) is 1. The van der Waals surface area contributed by atoms with Crippen LogP contribution >= 0.6 is 0 Å². The number of nitrogens with two attached hydrogens (primary N) is 1. The molecule has 2 N–H and O–H groups in total. The lowest BCUT2D eigenvalue weighted by molar-refractivity contribution is -0.175. The smallest absolute Gasteiger partial charge is 0.238 e. The van der Waals surface area contributed by atoms with Gasteiger partial charge in [0.15, 0.2) is 5.72 Å². The van der Waals surface area contributed by atoms with Crippen LogP contribution in [0.15, 0.2) is 47.1 Å². The topological polar surface area (TPSA) is 85.8 Å². The highest BCUT2D eigenvalue weighted by atomic mass is 16.5. The predicted octanol–water partition coefficient (Wildman–Crippen LogP) is 2.05. The number of fused-ring (bicyclic) bond motifs is 4. The number of benzene rings is 1. The molecule has 4 rings (SSSR count). The Morgan fingerprint density at radius 2 is 2.12 bits per heavy atom. The van der Waals surface area contributed by atoms with E-state index in [2.05, 4.69) is 0 Å². The monoisotopic (exact) mass is 340 g/mol. The molecule has 0 spiro atoms. The normalized spacial score (nSPS) is 27.6. The average molecular weight is 340 g/mol. The molecule has 1 saturated heterocycles. The van der Waals surface area contributed by atoms with Gasteiger partial charge in [0, 0.05) is 25.3 Å². The van der Waals surface area contributed by atoms with Crippen molar-refractivity contribution in [3.63, 3.8) is 0 Å². The second-order valence-electron chi connectivity index (χ2n) is 6.82. The lowest BCUT2D eigenvalue weighted by atomic mass is 9.73. The molecule has 3 heterocycles. The van der Waals surface area contributed by atoms with Gasteiger partial charge in [-0.25, -0.2) is 0 Å². The number of nitrogens with zero attached hydrogens (tertiary/aromatic N) is 1. The van der Waals surface area contributed by atoms with Crippen molar-refractivity contribution in [2.24, 2.45) is 11.7 Å². The fourth-order valence-corrected chi connectivity index (χ4v) is 4.06. The van der Waals surface area contributed by atoms with Crippen LogP contribution in [0.4, 0.5) is 0 Å². The van der Waals surface area contributed by atoms with Gasteiger partial charge in [0.25, 0.3) is 0 Å². The second-order valence-corrected chi connectivity index (χ2v) is 6.82. The van der Waals surface area contributed by atoms with Crippen molar-refractivity contribution in [3.8, 4) is 5.75 Å². The molecule has 1 fully saturated rings. The van der Waals surface area contributed by atoms with Gasteiger partial charge in [-0.3, -0.25) is 9.59 Å². The zero-order valence-electron chi connectivity index (χ0n) is 14.0. The zero-order chi connectivity index (χ0) is 17.6. The summed E-state index contributed by atoms with van der Waals surface area (Å²) in [5, 5.41) is 0. The molecule has 1 aromatic carbocycles. The fourth-order valence-electron chi connectivity index (χ4n) is 4.06. The standard InChI is InChI=1S/C19H20N2O4/c1-19-11-14(13-6-2-3-7-15(13)25-19)16(17(20)22)18(23)21(19)9-8-12-5-4-10-24-12/h2-7,10,14,16H,8-9,11H2,1H3,(H2,20,22). The molecule has 3 unspecified atom stereocenters. The summed E-state index contributed by atoms with van der Waals surface area (Å²) in [6.07, 6.45) is 2.70. The van der Waals surface area contributed by atoms with Gasteiger partial charge in [0.2, 0.25) is 11.8 Å². The number of carbonyl (C=O) groups is 2. The molecule has 2 bridgehead atoms. The number of carbonyl (C=O) groups excluding carboxylic acids is 2. The molecule has 0 aliphatic carbocycles. The molecule has 3 atom stereocenters. The van der Waals surface area contributed by atoms with E-state index in [-0.39, 0.29) is 11.8 Å². The summed E-state index contributed by atoms with van der Waals surface area (Å²) in [5.41, 5.74) is 5.68. The van der Waals surface area contributed by atoms with Crippen LogP contribution in [0.1, 0.15) is 30.6 Å². The largest absolute Gasteiger partial charge is 0.469 e. The summed E-state index contributed by atoms with van der Waals surface area (Å²) in [5.74, 6) is -0.480. The quantitative estimate of drug-likeness (QED) is 0.863. The first-order valence-corrected chi connectivity index (χ1v) is 8.41. The maximum atomic E-state index is 13.1. The Morgan fingerprint density at radius 1 is 1.32 bits per heavy atom. The Balaban J connectivity index is 1.71. The number of amides is 2. The number of piperidine rings is 1. The van der Waals surface area contributed by atoms with Crippen molar-refractivity contribution in [1.82, 2.24) is 4.90 Å². The molecular formula is C19H20N2O4. The second kappa shape index (κ2) is 5.65. The van der Waals surface area contributed by atoms with Gasteiger partial charge in [-0.15, -0.1) is 0 Å². The number of rotatable bonds is 4. The first-order chi connectivity index (χ1) is 12.0. The van der Waals surface area contributed by atoms with Gasteiger partial charge in [0.1, 0.15) is 17.4 Å².